The molecule has 0 unspecified atom stereocenters. The Bertz CT molecular complexity index is 1000. The lowest BCUT2D eigenvalue weighted by molar-refractivity contribution is -0.387. The van der Waals surface area contributed by atoms with Gasteiger partial charge in [-0.3, -0.25) is 19.5 Å². The maximum Gasteiger partial charge on any atom is 0.289 e. The van der Waals surface area contributed by atoms with Gasteiger partial charge in [-0.05, 0) is 29.8 Å². The SMILES string of the molecule is O=[N+]([O-])c1ccccc1S(=O)(=O)Nc1cccc(Cn2cccn2)c1. The van der Waals surface area contributed by atoms with E-state index in [0.717, 1.165) is 11.6 Å². The third-order valence-electron chi connectivity index (χ3n) is 3.43. The first-order valence-electron chi connectivity index (χ1n) is 7.28. The molecule has 0 radical (unpaired) electrons. The number of nitro groups is 1. The molecule has 0 atom stereocenters. The quantitative estimate of drug-likeness (QED) is 0.538. The molecule has 3 aromatic rings. The summed E-state index contributed by atoms with van der Waals surface area (Å²) in [7, 11) is -4.08. The molecule has 0 saturated carbocycles. The van der Waals surface area contributed by atoms with Gasteiger partial charge in [-0.1, -0.05) is 24.3 Å². The summed E-state index contributed by atoms with van der Waals surface area (Å²) in [5.74, 6) is 0. The molecule has 0 aliphatic rings. The first-order chi connectivity index (χ1) is 12.0. The van der Waals surface area contributed by atoms with Gasteiger partial charge < -0.3 is 0 Å². The molecule has 9 heteroatoms. The molecule has 0 aliphatic carbocycles. The zero-order chi connectivity index (χ0) is 17.9. The van der Waals surface area contributed by atoms with Crippen molar-refractivity contribution in [2.24, 2.45) is 0 Å². The van der Waals surface area contributed by atoms with Crippen LogP contribution < -0.4 is 4.72 Å². The van der Waals surface area contributed by atoms with Gasteiger partial charge in [0.25, 0.3) is 15.7 Å². The maximum atomic E-state index is 12.5. The van der Waals surface area contributed by atoms with E-state index in [0.29, 0.717) is 12.2 Å². The van der Waals surface area contributed by atoms with Crippen molar-refractivity contribution in [3.05, 3.63) is 82.7 Å². The van der Waals surface area contributed by atoms with E-state index in [9.17, 15) is 18.5 Å². The molecule has 2 aromatic carbocycles. The Morgan fingerprint density at radius 2 is 1.92 bits per heavy atom. The molecule has 1 aromatic heterocycles. The molecule has 0 saturated heterocycles. The summed E-state index contributed by atoms with van der Waals surface area (Å²) in [6.45, 7) is 0.480. The Labute approximate surface area is 143 Å². The monoisotopic (exact) mass is 358 g/mol. The summed E-state index contributed by atoms with van der Waals surface area (Å²) in [6, 6.07) is 13.8. The highest BCUT2D eigenvalue weighted by atomic mass is 32.2. The standard InChI is InChI=1S/C16H14N4O4S/c21-20(22)15-7-1-2-8-16(15)25(23,24)18-14-6-3-5-13(11-14)12-19-10-4-9-17-19/h1-11,18H,12H2. The third-order valence-corrected chi connectivity index (χ3v) is 4.86. The van der Waals surface area contributed by atoms with Crippen molar-refractivity contribution in [1.29, 1.82) is 0 Å². The first kappa shape index (κ1) is 16.7. The largest absolute Gasteiger partial charge is 0.289 e. The highest BCUT2D eigenvalue weighted by Gasteiger charge is 2.25. The molecule has 0 bridgehead atoms. The van der Waals surface area contributed by atoms with Crippen LogP contribution in [-0.4, -0.2) is 23.1 Å². The maximum absolute atomic E-state index is 12.5. The Balaban J connectivity index is 1.88. The van der Waals surface area contributed by atoms with E-state index >= 15 is 0 Å². The van der Waals surface area contributed by atoms with Crippen molar-refractivity contribution in [3.8, 4) is 0 Å². The van der Waals surface area contributed by atoms with Gasteiger partial charge in [-0.2, -0.15) is 5.10 Å². The number of nitrogens with zero attached hydrogens (tertiary/aromatic N) is 3. The van der Waals surface area contributed by atoms with E-state index in [-0.39, 0.29) is 4.90 Å². The van der Waals surface area contributed by atoms with E-state index in [2.05, 4.69) is 9.82 Å². The first-order valence-corrected chi connectivity index (χ1v) is 8.77. The lowest BCUT2D eigenvalue weighted by Crippen LogP contribution is -2.15. The average molecular weight is 358 g/mol. The molecule has 8 nitrogen and oxygen atoms in total. The number of para-hydroxylation sites is 1. The minimum atomic E-state index is -4.08. The highest BCUT2D eigenvalue weighted by molar-refractivity contribution is 7.92. The van der Waals surface area contributed by atoms with E-state index in [1.807, 2.05) is 6.07 Å². The second kappa shape index (κ2) is 6.73. The van der Waals surface area contributed by atoms with Crippen LogP contribution in [0.4, 0.5) is 11.4 Å². The molecule has 0 amide bonds. The van der Waals surface area contributed by atoms with Gasteiger partial charge in [0.2, 0.25) is 0 Å². The van der Waals surface area contributed by atoms with Crippen LogP contribution >= 0.6 is 0 Å². The van der Waals surface area contributed by atoms with Crippen molar-refractivity contribution in [1.82, 2.24) is 9.78 Å². The van der Waals surface area contributed by atoms with Gasteiger partial charge in [0.15, 0.2) is 4.90 Å². The molecule has 0 aliphatic heterocycles. The van der Waals surface area contributed by atoms with Crippen molar-refractivity contribution in [3.63, 3.8) is 0 Å². The number of aromatic nitrogens is 2. The Kier molecular flexibility index (Phi) is 4.48. The zero-order valence-electron chi connectivity index (χ0n) is 12.9. The van der Waals surface area contributed by atoms with Crippen LogP contribution in [0.2, 0.25) is 0 Å². The smallest absolute Gasteiger partial charge is 0.279 e. The normalized spacial score (nSPS) is 11.2. The predicted octanol–water partition coefficient (Wildman–Crippen LogP) is 2.64. The summed E-state index contributed by atoms with van der Waals surface area (Å²) in [4.78, 5) is 9.96. The number of nitro benzene ring substituents is 1. The Hall–Kier alpha value is -3.20. The molecular formula is C16H14N4O4S. The van der Waals surface area contributed by atoms with Crippen LogP contribution in [0.15, 0.2) is 71.9 Å². The molecule has 1 heterocycles. The molecular weight excluding hydrogens is 344 g/mol. The van der Waals surface area contributed by atoms with Crippen LogP contribution in [0.3, 0.4) is 0 Å². The van der Waals surface area contributed by atoms with E-state index in [4.69, 9.17) is 0 Å². The van der Waals surface area contributed by atoms with Crippen molar-refractivity contribution in [2.45, 2.75) is 11.4 Å². The second-order valence-electron chi connectivity index (χ2n) is 5.23. The number of hydrogen-bond donors (Lipinski definition) is 1. The van der Waals surface area contributed by atoms with Crippen LogP contribution in [0, 0.1) is 10.1 Å². The van der Waals surface area contributed by atoms with Crippen LogP contribution in [0.25, 0.3) is 0 Å². The summed E-state index contributed by atoms with van der Waals surface area (Å²) >= 11 is 0. The Morgan fingerprint density at radius 1 is 1.12 bits per heavy atom. The van der Waals surface area contributed by atoms with Crippen LogP contribution in [-0.2, 0) is 16.6 Å². The van der Waals surface area contributed by atoms with Gasteiger partial charge in [0.1, 0.15) is 0 Å². The van der Waals surface area contributed by atoms with E-state index in [1.165, 1.54) is 18.2 Å². The average Bonchev–Trinajstić information content (AvgIpc) is 3.07. The number of sulfonamides is 1. The fraction of sp³-hybridized carbons (Fsp3) is 0.0625. The van der Waals surface area contributed by atoms with Crippen molar-refractivity contribution >= 4 is 21.4 Å². The third kappa shape index (κ3) is 3.83. The van der Waals surface area contributed by atoms with Crippen molar-refractivity contribution < 1.29 is 13.3 Å². The summed E-state index contributed by atoms with van der Waals surface area (Å²) in [5.41, 5.74) is 0.692. The topological polar surface area (TPSA) is 107 Å². The Morgan fingerprint density at radius 3 is 2.64 bits per heavy atom. The van der Waals surface area contributed by atoms with Crippen molar-refractivity contribution in [2.75, 3.05) is 4.72 Å². The number of anilines is 1. The highest BCUT2D eigenvalue weighted by Crippen LogP contribution is 2.25. The fourth-order valence-electron chi connectivity index (χ4n) is 2.36. The van der Waals surface area contributed by atoms with E-state index < -0.39 is 20.6 Å². The summed E-state index contributed by atoms with van der Waals surface area (Å²) in [6.07, 6.45) is 3.45. The zero-order valence-corrected chi connectivity index (χ0v) is 13.8. The van der Waals surface area contributed by atoms with Gasteiger partial charge in [0, 0.05) is 24.1 Å². The van der Waals surface area contributed by atoms with Gasteiger partial charge in [0.05, 0.1) is 11.5 Å². The lowest BCUT2D eigenvalue weighted by Gasteiger charge is -2.10. The molecule has 3 rings (SSSR count). The summed E-state index contributed by atoms with van der Waals surface area (Å²) < 4.78 is 29.1. The number of rotatable bonds is 6. The van der Waals surface area contributed by atoms with Crippen LogP contribution in [0.5, 0.6) is 0 Å². The summed E-state index contributed by atoms with van der Waals surface area (Å²) in [5, 5.41) is 15.2. The van der Waals surface area contributed by atoms with Crippen LogP contribution in [0.1, 0.15) is 5.56 Å². The number of benzene rings is 2. The fourth-order valence-corrected chi connectivity index (χ4v) is 3.58. The second-order valence-corrected chi connectivity index (χ2v) is 6.89. The molecule has 25 heavy (non-hydrogen) atoms. The van der Waals surface area contributed by atoms with Gasteiger partial charge >= 0.3 is 0 Å². The number of nitrogens with one attached hydrogen (secondary N) is 1. The van der Waals surface area contributed by atoms with E-state index in [1.54, 1.807) is 41.3 Å². The molecule has 0 spiro atoms. The lowest BCUT2D eigenvalue weighted by atomic mass is 10.2. The predicted molar refractivity (Wildman–Crippen MR) is 91.7 cm³/mol. The molecule has 0 fully saturated rings. The van der Waals surface area contributed by atoms with Gasteiger partial charge in [-0.25, -0.2) is 8.42 Å². The number of hydrogen-bond acceptors (Lipinski definition) is 5. The molecule has 1 N–H and O–H groups in total. The molecule has 128 valence electrons. The minimum Gasteiger partial charge on any atom is -0.279 e. The minimum absolute atomic E-state index is 0.322. The van der Waals surface area contributed by atoms with Gasteiger partial charge in [-0.15, -0.1) is 0 Å².